The maximum Gasteiger partial charge on any atom is 0.130 e. The van der Waals surface area contributed by atoms with Gasteiger partial charge < -0.3 is 4.42 Å². The SMILES string of the molecule is CCCc1ccc(C2=Cc3c(cccc3-c3ccc(C(C)C)cc3)C2)o1. The zero-order chi connectivity index (χ0) is 18.1. The number of benzene rings is 2. The monoisotopic (exact) mass is 342 g/mol. The summed E-state index contributed by atoms with van der Waals surface area (Å²) in [4.78, 5) is 0. The Labute approximate surface area is 156 Å². The van der Waals surface area contributed by atoms with E-state index in [4.69, 9.17) is 4.42 Å². The van der Waals surface area contributed by atoms with Gasteiger partial charge in [0.25, 0.3) is 0 Å². The highest BCUT2D eigenvalue weighted by Crippen LogP contribution is 2.38. The van der Waals surface area contributed by atoms with Crippen LogP contribution < -0.4 is 0 Å². The van der Waals surface area contributed by atoms with Crippen molar-refractivity contribution < 1.29 is 4.42 Å². The zero-order valence-corrected chi connectivity index (χ0v) is 15.9. The number of furan rings is 1. The summed E-state index contributed by atoms with van der Waals surface area (Å²) in [6.07, 6.45) is 5.39. The van der Waals surface area contributed by atoms with Gasteiger partial charge in [0.2, 0.25) is 0 Å². The smallest absolute Gasteiger partial charge is 0.130 e. The third kappa shape index (κ3) is 3.14. The van der Waals surface area contributed by atoms with Crippen molar-refractivity contribution in [1.82, 2.24) is 0 Å². The minimum absolute atomic E-state index is 0.563. The van der Waals surface area contributed by atoms with Crippen LogP contribution in [0.3, 0.4) is 0 Å². The van der Waals surface area contributed by atoms with Gasteiger partial charge in [-0.05, 0) is 63.9 Å². The summed E-state index contributed by atoms with van der Waals surface area (Å²) in [6.45, 7) is 6.66. The van der Waals surface area contributed by atoms with Crippen LogP contribution in [0.15, 0.2) is 59.0 Å². The molecule has 2 aromatic carbocycles. The first-order valence-corrected chi connectivity index (χ1v) is 9.67. The van der Waals surface area contributed by atoms with E-state index in [1.54, 1.807) is 0 Å². The minimum atomic E-state index is 0.563. The molecule has 0 radical (unpaired) electrons. The Morgan fingerprint density at radius 2 is 1.77 bits per heavy atom. The number of hydrogen-bond donors (Lipinski definition) is 0. The van der Waals surface area contributed by atoms with Gasteiger partial charge in [-0.2, -0.15) is 0 Å². The molecule has 1 nitrogen and oxygen atoms in total. The molecule has 3 aromatic rings. The van der Waals surface area contributed by atoms with Crippen LogP contribution in [-0.4, -0.2) is 0 Å². The molecule has 0 bridgehead atoms. The summed E-state index contributed by atoms with van der Waals surface area (Å²) in [5.41, 5.74) is 8.00. The number of allylic oxidation sites excluding steroid dienone is 1. The molecule has 26 heavy (non-hydrogen) atoms. The summed E-state index contributed by atoms with van der Waals surface area (Å²) >= 11 is 0. The van der Waals surface area contributed by atoms with Crippen molar-refractivity contribution in [2.24, 2.45) is 0 Å². The van der Waals surface area contributed by atoms with Crippen molar-refractivity contribution in [2.45, 2.75) is 46.0 Å². The quantitative estimate of drug-likeness (QED) is 0.481. The molecule has 0 fully saturated rings. The molecular formula is C25H26O. The Morgan fingerprint density at radius 3 is 2.50 bits per heavy atom. The molecule has 1 aliphatic rings. The highest BCUT2D eigenvalue weighted by molar-refractivity contribution is 5.92. The Kier molecular flexibility index (Phi) is 4.55. The molecule has 1 aromatic heterocycles. The highest BCUT2D eigenvalue weighted by atomic mass is 16.3. The molecule has 1 heterocycles. The van der Waals surface area contributed by atoms with Gasteiger partial charge in [-0.1, -0.05) is 63.2 Å². The number of rotatable bonds is 5. The maximum absolute atomic E-state index is 6.06. The molecule has 0 saturated heterocycles. The van der Waals surface area contributed by atoms with Crippen molar-refractivity contribution in [3.05, 3.63) is 82.8 Å². The lowest BCUT2D eigenvalue weighted by Gasteiger charge is -2.10. The second-order valence-electron chi connectivity index (χ2n) is 7.52. The van der Waals surface area contributed by atoms with E-state index < -0.39 is 0 Å². The van der Waals surface area contributed by atoms with Crippen LogP contribution in [0.1, 0.15) is 61.3 Å². The fourth-order valence-corrected chi connectivity index (χ4v) is 3.76. The van der Waals surface area contributed by atoms with Crippen LogP contribution in [0.25, 0.3) is 22.8 Å². The first-order valence-electron chi connectivity index (χ1n) is 9.67. The van der Waals surface area contributed by atoms with Gasteiger partial charge in [-0.25, -0.2) is 0 Å². The van der Waals surface area contributed by atoms with E-state index in [-0.39, 0.29) is 0 Å². The Morgan fingerprint density at radius 1 is 0.962 bits per heavy atom. The molecule has 0 atom stereocenters. The van der Waals surface area contributed by atoms with Crippen molar-refractivity contribution in [2.75, 3.05) is 0 Å². The molecule has 0 aliphatic heterocycles. The lowest BCUT2D eigenvalue weighted by atomic mass is 9.94. The molecule has 0 N–H and O–H groups in total. The molecule has 1 heteroatoms. The fraction of sp³-hybridized carbons (Fsp3) is 0.280. The largest absolute Gasteiger partial charge is 0.461 e. The molecule has 0 unspecified atom stereocenters. The predicted molar refractivity (Wildman–Crippen MR) is 110 cm³/mol. The van der Waals surface area contributed by atoms with Gasteiger partial charge in [-0.15, -0.1) is 0 Å². The van der Waals surface area contributed by atoms with E-state index in [9.17, 15) is 0 Å². The standard InChI is InChI=1S/C25H26O/c1-4-6-22-13-14-25(26-22)21-15-20-7-5-8-23(24(20)16-21)19-11-9-18(10-12-19)17(2)3/h5,7-14,16-17H,4,6,15H2,1-3H3. The van der Waals surface area contributed by atoms with E-state index in [0.29, 0.717) is 5.92 Å². The number of aryl methyl sites for hydroxylation is 1. The van der Waals surface area contributed by atoms with Gasteiger partial charge in [0.15, 0.2) is 0 Å². The Bertz CT molecular complexity index is 939. The highest BCUT2D eigenvalue weighted by Gasteiger charge is 2.19. The van der Waals surface area contributed by atoms with Crippen molar-refractivity contribution in [3.63, 3.8) is 0 Å². The van der Waals surface area contributed by atoms with E-state index in [0.717, 1.165) is 30.8 Å². The van der Waals surface area contributed by atoms with E-state index in [1.807, 2.05) is 0 Å². The third-order valence-electron chi connectivity index (χ3n) is 5.26. The van der Waals surface area contributed by atoms with Gasteiger partial charge in [0.1, 0.15) is 11.5 Å². The van der Waals surface area contributed by atoms with Crippen LogP contribution in [0.5, 0.6) is 0 Å². The molecule has 0 spiro atoms. The zero-order valence-electron chi connectivity index (χ0n) is 15.9. The van der Waals surface area contributed by atoms with E-state index >= 15 is 0 Å². The molecule has 1 aliphatic carbocycles. The first-order chi connectivity index (χ1) is 12.7. The fourth-order valence-electron chi connectivity index (χ4n) is 3.76. The van der Waals surface area contributed by atoms with Crippen molar-refractivity contribution >= 4 is 11.6 Å². The van der Waals surface area contributed by atoms with Crippen LogP contribution in [0, 0.1) is 0 Å². The average Bonchev–Trinajstić information content (AvgIpc) is 3.28. The second kappa shape index (κ2) is 6.99. The van der Waals surface area contributed by atoms with Crippen molar-refractivity contribution in [3.8, 4) is 11.1 Å². The lowest BCUT2D eigenvalue weighted by molar-refractivity contribution is 0.495. The minimum Gasteiger partial charge on any atom is -0.461 e. The Balaban J connectivity index is 1.68. The molecule has 0 amide bonds. The van der Waals surface area contributed by atoms with Crippen molar-refractivity contribution in [1.29, 1.82) is 0 Å². The van der Waals surface area contributed by atoms with Gasteiger partial charge >= 0.3 is 0 Å². The Hall–Kier alpha value is -2.54. The molecule has 4 rings (SSSR count). The van der Waals surface area contributed by atoms with Gasteiger partial charge in [0, 0.05) is 12.8 Å². The van der Waals surface area contributed by atoms with E-state index in [2.05, 4.69) is 81.4 Å². The first kappa shape index (κ1) is 16.9. The average molecular weight is 342 g/mol. The molecular weight excluding hydrogens is 316 g/mol. The predicted octanol–water partition coefficient (Wildman–Crippen LogP) is 7.12. The number of fused-ring (bicyclic) bond motifs is 1. The second-order valence-corrected chi connectivity index (χ2v) is 7.52. The molecule has 0 saturated carbocycles. The van der Waals surface area contributed by atoms with Crippen LogP contribution in [0.2, 0.25) is 0 Å². The van der Waals surface area contributed by atoms with Crippen LogP contribution in [-0.2, 0) is 12.8 Å². The summed E-state index contributed by atoms with van der Waals surface area (Å²) in [5.74, 6) is 2.67. The van der Waals surface area contributed by atoms with E-state index in [1.165, 1.54) is 33.4 Å². The summed E-state index contributed by atoms with van der Waals surface area (Å²) < 4.78 is 6.06. The van der Waals surface area contributed by atoms with Crippen LogP contribution >= 0.6 is 0 Å². The van der Waals surface area contributed by atoms with Gasteiger partial charge in [-0.3, -0.25) is 0 Å². The number of hydrogen-bond acceptors (Lipinski definition) is 1. The van der Waals surface area contributed by atoms with Gasteiger partial charge in [0.05, 0.1) is 0 Å². The topological polar surface area (TPSA) is 13.1 Å². The maximum atomic E-state index is 6.06. The third-order valence-corrected chi connectivity index (χ3v) is 5.26. The summed E-state index contributed by atoms with van der Waals surface area (Å²) in [7, 11) is 0. The lowest BCUT2D eigenvalue weighted by Crippen LogP contribution is -1.89. The normalized spacial score (nSPS) is 13.2. The summed E-state index contributed by atoms with van der Waals surface area (Å²) in [5, 5.41) is 0. The summed E-state index contributed by atoms with van der Waals surface area (Å²) in [6, 6.07) is 19.9. The molecule has 132 valence electrons. The van der Waals surface area contributed by atoms with Crippen LogP contribution in [0.4, 0.5) is 0 Å².